The van der Waals surface area contributed by atoms with E-state index in [1.54, 1.807) is 36.5 Å². The summed E-state index contributed by atoms with van der Waals surface area (Å²) in [6.45, 7) is 0.178. The van der Waals surface area contributed by atoms with Crippen LogP contribution < -0.4 is 15.4 Å². The van der Waals surface area contributed by atoms with Crippen LogP contribution in [0.25, 0.3) is 33.4 Å². The van der Waals surface area contributed by atoms with E-state index >= 15 is 0 Å². The number of nitrogens with zero attached hydrogens (tertiary/aromatic N) is 1. The topological polar surface area (TPSA) is 114 Å². The summed E-state index contributed by atoms with van der Waals surface area (Å²) in [7, 11) is 0. The van der Waals surface area contributed by atoms with Gasteiger partial charge < -0.3 is 24.9 Å². The van der Waals surface area contributed by atoms with Crippen molar-refractivity contribution in [2.24, 2.45) is 0 Å². The van der Waals surface area contributed by atoms with Crippen molar-refractivity contribution >= 4 is 28.5 Å². The van der Waals surface area contributed by atoms with E-state index in [0.29, 0.717) is 28.5 Å². The predicted octanol–water partition coefficient (Wildman–Crippen LogP) is 8.62. The Morgan fingerprint density at radius 2 is 1.51 bits per heavy atom. The summed E-state index contributed by atoms with van der Waals surface area (Å²) in [5.74, 6) is -0.310. The molecule has 0 aliphatic rings. The summed E-state index contributed by atoms with van der Waals surface area (Å²) in [6, 6.07) is 32.0. The highest BCUT2D eigenvalue weighted by atomic mass is 19.4. The van der Waals surface area contributed by atoms with Crippen molar-refractivity contribution in [1.82, 2.24) is 10.3 Å². The van der Waals surface area contributed by atoms with Crippen molar-refractivity contribution in [2.75, 3.05) is 18.5 Å². The van der Waals surface area contributed by atoms with E-state index in [1.165, 1.54) is 12.1 Å². The standard InChI is InChI=1S/C38H30F3N3O5/c39-38(40,41)30-14-9-25(10-15-30)24-5-7-26(8-6-24)32(44-31-16-11-27(12-17-31)37(47)42-20-19-36(45)46)23-48-35-18-13-29(22-43-35)34-21-28-3-1-2-4-33(28)49-34/h1-18,21-22,32,44H,19-20,23H2,(H,42,47)(H,45,46)/t32-/m1/s1. The molecule has 0 spiro atoms. The molecule has 11 heteroatoms. The van der Waals surface area contributed by atoms with Crippen molar-refractivity contribution in [3.8, 4) is 28.3 Å². The lowest BCUT2D eigenvalue weighted by molar-refractivity contribution is -0.138. The van der Waals surface area contributed by atoms with Crippen molar-refractivity contribution in [3.05, 3.63) is 138 Å². The second kappa shape index (κ2) is 14.3. The number of para-hydroxylation sites is 1. The number of nitrogens with one attached hydrogen (secondary N) is 2. The lowest BCUT2D eigenvalue weighted by atomic mass is 9.99. The number of aromatic nitrogens is 1. The normalized spacial score (nSPS) is 12.0. The first-order chi connectivity index (χ1) is 23.6. The summed E-state index contributed by atoms with van der Waals surface area (Å²) < 4.78 is 51.2. The number of aliphatic carboxylic acids is 1. The third-order valence-corrected chi connectivity index (χ3v) is 7.82. The number of carboxylic acid groups (broad SMARTS) is 1. The number of ether oxygens (including phenoxy) is 1. The zero-order valence-electron chi connectivity index (χ0n) is 25.9. The largest absolute Gasteiger partial charge is 0.481 e. The number of pyridine rings is 1. The van der Waals surface area contributed by atoms with Gasteiger partial charge in [0.2, 0.25) is 5.88 Å². The Bertz CT molecular complexity index is 2010. The first-order valence-corrected chi connectivity index (χ1v) is 15.3. The van der Waals surface area contributed by atoms with Crippen molar-refractivity contribution in [2.45, 2.75) is 18.6 Å². The van der Waals surface area contributed by atoms with Gasteiger partial charge in [-0.05, 0) is 71.3 Å². The molecule has 0 saturated heterocycles. The van der Waals surface area contributed by atoms with Crippen LogP contribution in [0.5, 0.6) is 5.88 Å². The molecular formula is C38H30F3N3O5. The van der Waals surface area contributed by atoms with Gasteiger partial charge in [0.1, 0.15) is 18.0 Å². The summed E-state index contributed by atoms with van der Waals surface area (Å²) in [6.07, 6.45) is -2.91. The average molecular weight is 666 g/mol. The molecular weight excluding hydrogens is 635 g/mol. The Kier molecular flexibility index (Phi) is 9.61. The molecule has 2 aromatic heterocycles. The van der Waals surface area contributed by atoms with Gasteiger partial charge in [0.15, 0.2) is 0 Å². The zero-order valence-corrected chi connectivity index (χ0v) is 25.9. The van der Waals surface area contributed by atoms with Crippen LogP contribution in [0, 0.1) is 0 Å². The number of carbonyl (C=O) groups excluding carboxylic acids is 1. The van der Waals surface area contributed by atoms with Gasteiger partial charge in [0.25, 0.3) is 5.91 Å². The van der Waals surface area contributed by atoms with Gasteiger partial charge >= 0.3 is 12.1 Å². The van der Waals surface area contributed by atoms with Gasteiger partial charge in [-0.2, -0.15) is 13.2 Å². The first-order valence-electron chi connectivity index (χ1n) is 15.3. The van der Waals surface area contributed by atoms with Gasteiger partial charge in [-0.25, -0.2) is 4.98 Å². The minimum atomic E-state index is -4.41. The summed E-state index contributed by atoms with van der Waals surface area (Å²) in [5, 5.41) is 15.8. The van der Waals surface area contributed by atoms with E-state index in [4.69, 9.17) is 14.3 Å². The van der Waals surface area contributed by atoms with Crippen molar-refractivity contribution in [1.29, 1.82) is 0 Å². The Morgan fingerprint density at radius 3 is 2.14 bits per heavy atom. The average Bonchev–Trinajstić information content (AvgIpc) is 3.55. The van der Waals surface area contributed by atoms with Gasteiger partial charge in [-0.1, -0.05) is 54.6 Å². The number of carboxylic acids is 1. The number of hydrogen-bond donors (Lipinski definition) is 3. The van der Waals surface area contributed by atoms with E-state index in [2.05, 4.69) is 15.6 Å². The second-order valence-electron chi connectivity index (χ2n) is 11.2. The molecule has 6 aromatic rings. The summed E-state index contributed by atoms with van der Waals surface area (Å²) >= 11 is 0. The third-order valence-electron chi connectivity index (χ3n) is 7.82. The second-order valence-corrected chi connectivity index (χ2v) is 11.2. The minimum absolute atomic E-state index is 0.0172. The molecule has 0 fully saturated rings. The molecule has 0 aliphatic heterocycles. The number of alkyl halides is 3. The summed E-state index contributed by atoms with van der Waals surface area (Å²) in [5.41, 5.74) is 4.16. The number of rotatable bonds is 12. The van der Waals surface area contributed by atoms with Crippen molar-refractivity contribution in [3.63, 3.8) is 0 Å². The predicted molar refractivity (Wildman–Crippen MR) is 179 cm³/mol. The van der Waals surface area contributed by atoms with Crippen LogP contribution in [0.1, 0.15) is 33.9 Å². The molecule has 248 valence electrons. The molecule has 8 nitrogen and oxygen atoms in total. The molecule has 1 amide bonds. The van der Waals surface area contributed by atoms with Crippen LogP contribution in [-0.2, 0) is 11.0 Å². The molecule has 49 heavy (non-hydrogen) atoms. The number of fused-ring (bicyclic) bond motifs is 1. The monoisotopic (exact) mass is 665 g/mol. The van der Waals surface area contributed by atoms with E-state index in [1.807, 2.05) is 60.7 Å². The number of amides is 1. The fourth-order valence-corrected chi connectivity index (χ4v) is 5.19. The molecule has 0 unspecified atom stereocenters. The molecule has 2 heterocycles. The van der Waals surface area contributed by atoms with Crippen molar-refractivity contribution < 1.29 is 37.0 Å². The first kappa shape index (κ1) is 32.8. The molecule has 6 rings (SSSR count). The molecule has 0 saturated carbocycles. The molecule has 1 atom stereocenters. The number of furan rings is 1. The maximum Gasteiger partial charge on any atom is 0.416 e. The van der Waals surface area contributed by atoms with E-state index in [9.17, 15) is 22.8 Å². The Hall–Kier alpha value is -6.10. The highest BCUT2D eigenvalue weighted by Gasteiger charge is 2.30. The maximum atomic E-state index is 13.0. The number of anilines is 1. The quantitative estimate of drug-likeness (QED) is 0.120. The maximum absolute atomic E-state index is 13.0. The fraction of sp³-hybridized carbons (Fsp3) is 0.132. The SMILES string of the molecule is O=C(O)CCNC(=O)c1ccc(N[C@H](COc2ccc(-c3cc4ccccc4o3)cn2)c2ccc(-c3ccc(C(F)(F)F)cc3)cc2)cc1. The van der Waals surface area contributed by atoms with Gasteiger partial charge in [-0.15, -0.1) is 0 Å². The van der Waals surface area contributed by atoms with Crippen LogP contribution in [-0.4, -0.2) is 35.1 Å². The Morgan fingerprint density at radius 1 is 0.837 bits per heavy atom. The smallest absolute Gasteiger partial charge is 0.416 e. The van der Waals surface area contributed by atoms with E-state index in [0.717, 1.165) is 39.8 Å². The Balaban J connectivity index is 1.18. The molecule has 0 aliphatic carbocycles. The number of benzene rings is 4. The highest BCUT2D eigenvalue weighted by Crippen LogP contribution is 2.32. The van der Waals surface area contributed by atoms with Crippen LogP contribution in [0.2, 0.25) is 0 Å². The van der Waals surface area contributed by atoms with E-state index in [-0.39, 0.29) is 25.5 Å². The van der Waals surface area contributed by atoms with Gasteiger partial charge in [0.05, 0.1) is 18.0 Å². The number of halogens is 3. The van der Waals surface area contributed by atoms with Gasteiger partial charge in [-0.3, -0.25) is 9.59 Å². The van der Waals surface area contributed by atoms with Crippen LogP contribution >= 0.6 is 0 Å². The lowest BCUT2D eigenvalue weighted by Gasteiger charge is -2.21. The van der Waals surface area contributed by atoms with Crippen LogP contribution in [0.3, 0.4) is 0 Å². The molecule has 0 bridgehead atoms. The van der Waals surface area contributed by atoms with Gasteiger partial charge in [0, 0.05) is 41.0 Å². The Labute approximate surface area is 279 Å². The van der Waals surface area contributed by atoms with E-state index < -0.39 is 23.8 Å². The van der Waals surface area contributed by atoms with Crippen LogP contribution in [0.4, 0.5) is 18.9 Å². The molecule has 3 N–H and O–H groups in total. The lowest BCUT2D eigenvalue weighted by Crippen LogP contribution is -2.26. The number of carbonyl (C=O) groups is 2. The fourth-order valence-electron chi connectivity index (χ4n) is 5.19. The third kappa shape index (κ3) is 8.25. The minimum Gasteiger partial charge on any atom is -0.481 e. The summed E-state index contributed by atoms with van der Waals surface area (Å²) in [4.78, 5) is 27.6. The molecule has 4 aromatic carbocycles. The highest BCUT2D eigenvalue weighted by molar-refractivity contribution is 5.94. The number of hydrogen-bond acceptors (Lipinski definition) is 6. The van der Waals surface area contributed by atoms with Crippen LogP contribution in [0.15, 0.2) is 126 Å². The molecule has 0 radical (unpaired) electrons. The zero-order chi connectivity index (χ0) is 34.4.